The number of allylic oxidation sites excluding steroid dienone is 1. The Kier molecular flexibility index (Phi) is 7.39. The monoisotopic (exact) mass is 445 g/mol. The van der Waals surface area contributed by atoms with Crippen LogP contribution in [0.4, 0.5) is 0 Å². The first-order valence-electron chi connectivity index (χ1n) is 10.9. The first-order chi connectivity index (χ1) is 16.1. The van der Waals surface area contributed by atoms with Gasteiger partial charge in [-0.05, 0) is 23.3 Å². The molecule has 33 heavy (non-hydrogen) atoms. The van der Waals surface area contributed by atoms with Crippen LogP contribution in [0, 0.1) is 0 Å². The van der Waals surface area contributed by atoms with Crippen LogP contribution in [0.1, 0.15) is 11.1 Å². The third-order valence-corrected chi connectivity index (χ3v) is 5.54. The van der Waals surface area contributed by atoms with Crippen LogP contribution in [0.5, 0.6) is 0 Å². The molecule has 0 aliphatic carbocycles. The van der Waals surface area contributed by atoms with Crippen LogP contribution in [0.15, 0.2) is 59.9 Å². The number of rotatable bonds is 8. The van der Waals surface area contributed by atoms with Crippen LogP contribution in [0.3, 0.4) is 0 Å². The zero-order valence-electron chi connectivity index (χ0n) is 18.4. The SMILES string of the molecule is N/C=C(\C=NCCN1CCOCC1)c1ccc2nc(-c3ccc(CC(=O)O)cc3)cnc2c1. The second kappa shape index (κ2) is 10.8. The van der Waals surface area contributed by atoms with Gasteiger partial charge in [0.2, 0.25) is 0 Å². The number of nitrogens with two attached hydrogens (primary N) is 1. The molecule has 2 aromatic carbocycles. The Morgan fingerprint density at radius 2 is 1.94 bits per heavy atom. The highest BCUT2D eigenvalue weighted by Crippen LogP contribution is 2.22. The fourth-order valence-corrected chi connectivity index (χ4v) is 3.70. The van der Waals surface area contributed by atoms with E-state index in [1.165, 1.54) is 0 Å². The highest BCUT2D eigenvalue weighted by Gasteiger charge is 2.09. The summed E-state index contributed by atoms with van der Waals surface area (Å²) in [4.78, 5) is 27.0. The number of aromatic nitrogens is 2. The van der Waals surface area contributed by atoms with Crippen molar-refractivity contribution in [2.45, 2.75) is 6.42 Å². The van der Waals surface area contributed by atoms with Gasteiger partial charge in [0.05, 0.1) is 49.1 Å². The molecule has 0 unspecified atom stereocenters. The molecule has 1 fully saturated rings. The Morgan fingerprint density at radius 3 is 2.67 bits per heavy atom. The van der Waals surface area contributed by atoms with Crippen molar-refractivity contribution < 1.29 is 14.6 Å². The Hall–Kier alpha value is -3.62. The molecular weight excluding hydrogens is 418 g/mol. The Balaban J connectivity index is 1.45. The number of carboxylic acid groups (broad SMARTS) is 1. The number of benzene rings is 2. The quantitative estimate of drug-likeness (QED) is 0.512. The van der Waals surface area contributed by atoms with Crippen molar-refractivity contribution in [1.82, 2.24) is 14.9 Å². The highest BCUT2D eigenvalue weighted by molar-refractivity contribution is 6.10. The third-order valence-electron chi connectivity index (χ3n) is 5.54. The van der Waals surface area contributed by atoms with Gasteiger partial charge in [0, 0.05) is 43.2 Å². The maximum absolute atomic E-state index is 10.9. The van der Waals surface area contributed by atoms with Crippen LogP contribution < -0.4 is 5.73 Å². The van der Waals surface area contributed by atoms with Crippen LogP contribution in [0.2, 0.25) is 0 Å². The second-order valence-corrected chi connectivity index (χ2v) is 7.84. The molecular formula is C25H27N5O3. The highest BCUT2D eigenvalue weighted by atomic mass is 16.5. The van der Waals surface area contributed by atoms with Gasteiger partial charge in [-0.15, -0.1) is 0 Å². The zero-order chi connectivity index (χ0) is 23.0. The molecule has 0 amide bonds. The van der Waals surface area contributed by atoms with E-state index in [-0.39, 0.29) is 6.42 Å². The number of hydrogen-bond acceptors (Lipinski definition) is 7. The molecule has 0 atom stereocenters. The molecule has 3 N–H and O–H groups in total. The summed E-state index contributed by atoms with van der Waals surface area (Å²) in [5.74, 6) is -0.850. The summed E-state index contributed by atoms with van der Waals surface area (Å²) in [6.45, 7) is 5.08. The molecule has 0 bridgehead atoms. The van der Waals surface area contributed by atoms with E-state index < -0.39 is 5.97 Å². The molecule has 8 heteroatoms. The van der Waals surface area contributed by atoms with Gasteiger partial charge in [-0.3, -0.25) is 19.7 Å². The van der Waals surface area contributed by atoms with Gasteiger partial charge in [-0.2, -0.15) is 0 Å². The van der Waals surface area contributed by atoms with E-state index >= 15 is 0 Å². The van der Waals surface area contributed by atoms with Crippen LogP contribution >= 0.6 is 0 Å². The Bertz CT molecular complexity index is 1170. The van der Waals surface area contributed by atoms with Crippen LogP contribution in [0.25, 0.3) is 27.9 Å². The molecule has 8 nitrogen and oxygen atoms in total. The van der Waals surface area contributed by atoms with E-state index in [9.17, 15) is 4.79 Å². The topological polar surface area (TPSA) is 114 Å². The first-order valence-corrected chi connectivity index (χ1v) is 10.9. The largest absolute Gasteiger partial charge is 0.481 e. The molecule has 4 rings (SSSR count). The van der Waals surface area contributed by atoms with E-state index in [0.29, 0.717) is 6.54 Å². The van der Waals surface area contributed by atoms with Crippen molar-refractivity contribution in [1.29, 1.82) is 0 Å². The predicted octanol–water partition coefficient (Wildman–Crippen LogP) is 2.63. The number of nitrogens with zero attached hydrogens (tertiary/aromatic N) is 4. The van der Waals surface area contributed by atoms with Crippen LogP contribution in [-0.4, -0.2) is 71.6 Å². The standard InChI is InChI=1S/C25H27N5O3/c26-15-21(16-27-7-8-30-9-11-33-12-10-30)20-5-6-22-23(14-20)28-17-24(29-22)19-3-1-18(2-4-19)13-25(31)32/h1-6,14-17H,7-13,26H2,(H,31,32)/b21-15+,27-16?. The van der Waals surface area contributed by atoms with Gasteiger partial charge in [0.1, 0.15) is 0 Å². The summed E-state index contributed by atoms with van der Waals surface area (Å²) < 4.78 is 5.37. The summed E-state index contributed by atoms with van der Waals surface area (Å²) >= 11 is 0. The minimum Gasteiger partial charge on any atom is -0.481 e. The number of morpholine rings is 1. The van der Waals surface area contributed by atoms with Crippen molar-refractivity contribution >= 4 is 28.8 Å². The fraction of sp³-hybridized carbons (Fsp3) is 0.280. The molecule has 0 spiro atoms. The lowest BCUT2D eigenvalue weighted by Crippen LogP contribution is -2.37. The summed E-state index contributed by atoms with van der Waals surface area (Å²) in [5, 5.41) is 8.92. The number of aliphatic imine (C=N–C) groups is 1. The zero-order valence-corrected chi connectivity index (χ0v) is 18.4. The summed E-state index contributed by atoms with van der Waals surface area (Å²) in [7, 11) is 0. The maximum Gasteiger partial charge on any atom is 0.307 e. The van der Waals surface area contributed by atoms with Gasteiger partial charge >= 0.3 is 5.97 Å². The Labute approximate surface area is 192 Å². The van der Waals surface area contributed by atoms with Crippen molar-refractivity contribution in [2.24, 2.45) is 10.7 Å². The van der Waals surface area contributed by atoms with Gasteiger partial charge in [0.25, 0.3) is 0 Å². The average molecular weight is 446 g/mol. The summed E-state index contributed by atoms with van der Waals surface area (Å²) in [6.07, 6.45) is 5.09. The van der Waals surface area contributed by atoms with Gasteiger partial charge in [0.15, 0.2) is 0 Å². The summed E-state index contributed by atoms with van der Waals surface area (Å²) in [6, 6.07) is 13.2. The van der Waals surface area contributed by atoms with E-state index in [0.717, 1.165) is 71.8 Å². The lowest BCUT2D eigenvalue weighted by molar-refractivity contribution is -0.136. The van der Waals surface area contributed by atoms with Crippen molar-refractivity contribution in [3.63, 3.8) is 0 Å². The number of hydrogen-bond donors (Lipinski definition) is 2. The first kappa shape index (κ1) is 22.6. The van der Waals surface area contributed by atoms with E-state index in [2.05, 4.69) is 14.9 Å². The number of fused-ring (bicyclic) bond motifs is 1. The molecule has 3 aromatic rings. The van der Waals surface area contributed by atoms with Crippen LogP contribution in [-0.2, 0) is 16.0 Å². The molecule has 0 radical (unpaired) electrons. The number of ether oxygens (including phenoxy) is 1. The average Bonchev–Trinajstić information content (AvgIpc) is 2.84. The minimum absolute atomic E-state index is 0.0000305. The Morgan fingerprint density at radius 1 is 1.15 bits per heavy atom. The van der Waals surface area contributed by atoms with Crippen molar-refractivity contribution in [3.8, 4) is 11.3 Å². The van der Waals surface area contributed by atoms with Gasteiger partial charge in [-0.1, -0.05) is 30.3 Å². The normalized spacial score (nSPS) is 15.3. The second-order valence-electron chi connectivity index (χ2n) is 7.84. The van der Waals surface area contributed by atoms with Crippen molar-refractivity contribution in [2.75, 3.05) is 39.4 Å². The van der Waals surface area contributed by atoms with Crippen molar-refractivity contribution in [3.05, 3.63) is 66.0 Å². The van der Waals surface area contributed by atoms with Gasteiger partial charge < -0.3 is 15.6 Å². The molecule has 1 aliphatic heterocycles. The molecule has 170 valence electrons. The smallest absolute Gasteiger partial charge is 0.307 e. The van der Waals surface area contributed by atoms with Gasteiger partial charge in [-0.25, -0.2) is 4.98 Å². The van der Waals surface area contributed by atoms with E-state index in [1.807, 2.05) is 36.5 Å². The molecule has 0 saturated carbocycles. The fourth-order valence-electron chi connectivity index (χ4n) is 3.70. The van der Waals surface area contributed by atoms with E-state index in [4.69, 9.17) is 20.6 Å². The molecule has 1 aliphatic rings. The third kappa shape index (κ3) is 6.00. The van der Waals surface area contributed by atoms with E-state index in [1.54, 1.807) is 24.5 Å². The summed E-state index contributed by atoms with van der Waals surface area (Å²) in [5.41, 5.74) is 11.5. The number of carbonyl (C=O) groups is 1. The number of carboxylic acids is 1. The predicted molar refractivity (Wildman–Crippen MR) is 129 cm³/mol. The number of aliphatic carboxylic acids is 1. The maximum atomic E-state index is 10.9. The molecule has 2 heterocycles. The molecule has 1 aromatic heterocycles. The minimum atomic E-state index is -0.850. The molecule has 1 saturated heterocycles. The lowest BCUT2D eigenvalue weighted by atomic mass is 10.1. The lowest BCUT2D eigenvalue weighted by Gasteiger charge is -2.25.